The van der Waals surface area contributed by atoms with E-state index >= 15 is 0 Å². The van der Waals surface area contributed by atoms with Gasteiger partial charge in [-0.05, 0) is 31.2 Å². The molecule has 0 aliphatic heterocycles. The number of aryl methyl sites for hydroxylation is 1. The van der Waals surface area contributed by atoms with E-state index in [-0.39, 0.29) is 5.75 Å². The number of phenolic OH excluding ortho intramolecular Hbond substituents is 1. The smallest absolute Gasteiger partial charge is 0.200 e. The third kappa shape index (κ3) is 3.66. The van der Waals surface area contributed by atoms with Crippen LogP contribution in [0.1, 0.15) is 11.1 Å². The molecular weight excluding hydrogens is 268 g/mol. The van der Waals surface area contributed by atoms with Gasteiger partial charge in [-0.25, -0.2) is 0 Å². The fourth-order valence-corrected chi connectivity index (χ4v) is 1.80. The van der Waals surface area contributed by atoms with Crippen LogP contribution in [0.4, 0.5) is 5.69 Å². The van der Waals surface area contributed by atoms with Crippen LogP contribution in [-0.2, 0) is 0 Å². The van der Waals surface area contributed by atoms with E-state index in [4.69, 9.17) is 9.47 Å². The first-order valence-electron chi connectivity index (χ1n) is 6.44. The Morgan fingerprint density at radius 1 is 1.05 bits per heavy atom. The third-order valence-electron chi connectivity index (χ3n) is 2.96. The van der Waals surface area contributed by atoms with Crippen molar-refractivity contribution in [2.75, 3.05) is 19.6 Å². The van der Waals surface area contributed by atoms with Crippen molar-refractivity contribution < 1.29 is 14.6 Å². The number of benzene rings is 2. The highest BCUT2D eigenvalue weighted by molar-refractivity contribution is 5.82. The van der Waals surface area contributed by atoms with E-state index in [9.17, 15) is 5.11 Å². The molecule has 0 amide bonds. The molecule has 0 saturated carbocycles. The van der Waals surface area contributed by atoms with Gasteiger partial charge in [-0.3, -0.25) is 5.43 Å². The molecule has 0 aliphatic rings. The Balaban J connectivity index is 2.15. The van der Waals surface area contributed by atoms with E-state index in [1.165, 1.54) is 19.8 Å². The molecule has 0 unspecified atom stereocenters. The molecule has 0 spiro atoms. The number of nitrogens with zero attached hydrogens (tertiary/aromatic N) is 1. The molecule has 0 atom stereocenters. The van der Waals surface area contributed by atoms with Crippen molar-refractivity contribution in [1.29, 1.82) is 0 Å². The number of ether oxygens (including phenoxy) is 2. The summed E-state index contributed by atoms with van der Waals surface area (Å²) < 4.78 is 10.2. The summed E-state index contributed by atoms with van der Waals surface area (Å²) in [6.45, 7) is 2.03. The minimum absolute atomic E-state index is 0.0244. The molecule has 110 valence electrons. The molecule has 2 N–H and O–H groups in total. The van der Waals surface area contributed by atoms with Gasteiger partial charge in [-0.15, -0.1) is 0 Å². The minimum atomic E-state index is -0.0244. The Kier molecular flexibility index (Phi) is 4.66. The molecule has 5 heteroatoms. The SMILES string of the molecule is COc1cc(/C=N\Nc2ccc(C)cc2)cc(OC)c1O. The predicted octanol–water partition coefficient (Wildman–Crippen LogP) is 3.16. The Labute approximate surface area is 123 Å². The number of nitrogens with one attached hydrogen (secondary N) is 1. The van der Waals surface area contributed by atoms with Gasteiger partial charge in [0.15, 0.2) is 11.5 Å². The first-order chi connectivity index (χ1) is 10.1. The summed E-state index contributed by atoms with van der Waals surface area (Å²) in [7, 11) is 2.97. The lowest BCUT2D eigenvalue weighted by Crippen LogP contribution is -1.94. The maximum atomic E-state index is 9.83. The zero-order valence-electron chi connectivity index (χ0n) is 12.3. The molecule has 5 nitrogen and oxygen atoms in total. The summed E-state index contributed by atoms with van der Waals surface area (Å²) in [5.41, 5.74) is 5.78. The topological polar surface area (TPSA) is 63.1 Å². The van der Waals surface area contributed by atoms with Gasteiger partial charge in [-0.1, -0.05) is 17.7 Å². The van der Waals surface area contributed by atoms with Crippen LogP contribution in [0.5, 0.6) is 17.2 Å². The van der Waals surface area contributed by atoms with Crippen LogP contribution in [0.2, 0.25) is 0 Å². The summed E-state index contributed by atoms with van der Waals surface area (Å²) in [6, 6.07) is 11.3. The zero-order valence-corrected chi connectivity index (χ0v) is 12.3. The number of hydrogen-bond acceptors (Lipinski definition) is 5. The minimum Gasteiger partial charge on any atom is -0.502 e. The molecule has 0 fully saturated rings. The fraction of sp³-hybridized carbons (Fsp3) is 0.188. The molecule has 21 heavy (non-hydrogen) atoms. The van der Waals surface area contributed by atoms with Crippen molar-refractivity contribution >= 4 is 11.9 Å². The van der Waals surface area contributed by atoms with Crippen molar-refractivity contribution in [3.8, 4) is 17.2 Å². The average molecular weight is 286 g/mol. The Hall–Kier alpha value is -2.69. The fourth-order valence-electron chi connectivity index (χ4n) is 1.80. The van der Waals surface area contributed by atoms with Crippen LogP contribution < -0.4 is 14.9 Å². The molecule has 0 bridgehead atoms. The zero-order chi connectivity index (χ0) is 15.2. The number of methoxy groups -OCH3 is 2. The molecule has 0 aromatic heterocycles. The largest absolute Gasteiger partial charge is 0.502 e. The van der Waals surface area contributed by atoms with Crippen molar-refractivity contribution in [3.05, 3.63) is 47.5 Å². The summed E-state index contributed by atoms with van der Waals surface area (Å²) in [6.07, 6.45) is 1.63. The van der Waals surface area contributed by atoms with Crippen molar-refractivity contribution in [2.45, 2.75) is 6.92 Å². The van der Waals surface area contributed by atoms with Crippen molar-refractivity contribution in [2.24, 2.45) is 5.10 Å². The van der Waals surface area contributed by atoms with Crippen LogP contribution >= 0.6 is 0 Å². The Morgan fingerprint density at radius 2 is 1.62 bits per heavy atom. The summed E-state index contributed by atoms with van der Waals surface area (Å²) in [5.74, 6) is 0.654. The van der Waals surface area contributed by atoms with Crippen LogP contribution in [0.3, 0.4) is 0 Å². The van der Waals surface area contributed by atoms with Gasteiger partial charge in [0.1, 0.15) is 0 Å². The Morgan fingerprint density at radius 3 is 2.14 bits per heavy atom. The molecule has 0 heterocycles. The van der Waals surface area contributed by atoms with Gasteiger partial charge in [0, 0.05) is 5.56 Å². The highest BCUT2D eigenvalue weighted by Gasteiger charge is 2.10. The van der Waals surface area contributed by atoms with Gasteiger partial charge in [0.2, 0.25) is 5.75 Å². The van der Waals surface area contributed by atoms with E-state index in [1.54, 1.807) is 18.3 Å². The van der Waals surface area contributed by atoms with E-state index in [2.05, 4.69) is 10.5 Å². The monoisotopic (exact) mass is 286 g/mol. The highest BCUT2D eigenvalue weighted by Crippen LogP contribution is 2.36. The summed E-state index contributed by atoms with van der Waals surface area (Å²) in [4.78, 5) is 0. The molecular formula is C16H18N2O3. The molecule has 2 rings (SSSR count). The van der Waals surface area contributed by atoms with Gasteiger partial charge in [0.05, 0.1) is 26.1 Å². The molecule has 0 radical (unpaired) electrons. The van der Waals surface area contributed by atoms with E-state index < -0.39 is 0 Å². The van der Waals surface area contributed by atoms with Crippen molar-refractivity contribution in [3.63, 3.8) is 0 Å². The highest BCUT2D eigenvalue weighted by atomic mass is 16.5. The van der Waals surface area contributed by atoms with E-state index in [0.717, 1.165) is 11.3 Å². The number of hydrogen-bond donors (Lipinski definition) is 2. The third-order valence-corrected chi connectivity index (χ3v) is 2.96. The van der Waals surface area contributed by atoms with Gasteiger partial charge in [-0.2, -0.15) is 5.10 Å². The van der Waals surface area contributed by atoms with E-state index in [1.807, 2.05) is 31.2 Å². The maximum absolute atomic E-state index is 9.83. The quantitative estimate of drug-likeness (QED) is 0.654. The summed E-state index contributed by atoms with van der Waals surface area (Å²) >= 11 is 0. The van der Waals surface area contributed by atoms with Gasteiger partial charge >= 0.3 is 0 Å². The number of anilines is 1. The predicted molar refractivity (Wildman–Crippen MR) is 83.6 cm³/mol. The van der Waals surface area contributed by atoms with Crippen LogP contribution in [0, 0.1) is 6.92 Å². The van der Waals surface area contributed by atoms with Gasteiger partial charge < -0.3 is 14.6 Å². The van der Waals surface area contributed by atoms with Crippen LogP contribution in [0.15, 0.2) is 41.5 Å². The lowest BCUT2D eigenvalue weighted by Gasteiger charge is -2.09. The standard InChI is InChI=1S/C16H18N2O3/c1-11-4-6-13(7-5-11)18-17-10-12-8-14(20-2)16(19)15(9-12)21-3/h4-10,18-19H,1-3H3/b17-10-. The first kappa shape index (κ1) is 14.7. The molecule has 0 saturated heterocycles. The van der Waals surface area contributed by atoms with Gasteiger partial charge in [0.25, 0.3) is 0 Å². The lowest BCUT2D eigenvalue weighted by atomic mass is 10.2. The van der Waals surface area contributed by atoms with Crippen molar-refractivity contribution in [1.82, 2.24) is 0 Å². The lowest BCUT2D eigenvalue weighted by molar-refractivity contribution is 0.340. The second-order valence-electron chi connectivity index (χ2n) is 4.51. The number of phenols is 1. The normalized spacial score (nSPS) is 10.6. The van der Waals surface area contributed by atoms with E-state index in [0.29, 0.717) is 11.5 Å². The number of aromatic hydroxyl groups is 1. The molecule has 2 aromatic rings. The Bertz CT molecular complexity index is 611. The average Bonchev–Trinajstić information content (AvgIpc) is 2.50. The second kappa shape index (κ2) is 6.65. The molecule has 2 aromatic carbocycles. The maximum Gasteiger partial charge on any atom is 0.200 e. The first-order valence-corrected chi connectivity index (χ1v) is 6.44. The number of hydrazone groups is 1. The number of rotatable bonds is 5. The van der Waals surface area contributed by atoms with Crippen LogP contribution in [-0.4, -0.2) is 25.5 Å². The van der Waals surface area contributed by atoms with Crippen LogP contribution in [0.25, 0.3) is 0 Å². The molecule has 0 aliphatic carbocycles. The second-order valence-corrected chi connectivity index (χ2v) is 4.51. The summed E-state index contributed by atoms with van der Waals surface area (Å²) in [5, 5.41) is 14.0.